The number of aryl methyl sites for hydroxylation is 1. The molecule has 0 aromatic heterocycles. The minimum atomic E-state index is -4.37. The van der Waals surface area contributed by atoms with Gasteiger partial charge in [-0.3, -0.25) is 0 Å². The molecule has 0 spiro atoms. The van der Waals surface area contributed by atoms with Crippen LogP contribution >= 0.6 is 0 Å². The average Bonchev–Trinajstić information content (AvgIpc) is 2.43. The zero-order valence-electron chi connectivity index (χ0n) is 8.30. The molecule has 0 fully saturated rings. The van der Waals surface area contributed by atoms with E-state index in [-0.39, 0.29) is 5.75 Å². The van der Waals surface area contributed by atoms with Gasteiger partial charge in [0.2, 0.25) is 0 Å². The maximum atomic E-state index is 12.5. The predicted octanol–water partition coefficient (Wildman–Crippen LogP) is 2.71. The molecule has 15 heavy (non-hydrogen) atoms. The summed E-state index contributed by atoms with van der Waals surface area (Å²) in [4.78, 5) is 1.10. The van der Waals surface area contributed by atoms with Crippen LogP contribution in [0.4, 0.5) is 18.9 Å². The SMILES string of the molecule is Cc1ccc2c(c1)N(C)C(C(F)(F)F)O2. The quantitative estimate of drug-likeness (QED) is 0.662. The van der Waals surface area contributed by atoms with Crippen LogP contribution in [-0.4, -0.2) is 19.5 Å². The molecule has 5 heteroatoms. The van der Waals surface area contributed by atoms with Crippen LogP contribution in [0.15, 0.2) is 18.2 Å². The summed E-state index contributed by atoms with van der Waals surface area (Å²) >= 11 is 0. The molecule has 0 amide bonds. The first-order chi connectivity index (χ1) is 6.89. The van der Waals surface area contributed by atoms with Crippen molar-refractivity contribution in [2.24, 2.45) is 0 Å². The molecule has 0 bridgehead atoms. The van der Waals surface area contributed by atoms with Crippen molar-refractivity contribution in [3.05, 3.63) is 23.8 Å². The van der Waals surface area contributed by atoms with E-state index < -0.39 is 12.4 Å². The Balaban J connectivity index is 2.38. The molecule has 0 saturated heterocycles. The summed E-state index contributed by atoms with van der Waals surface area (Å²) in [6.07, 6.45) is -6.24. The maximum absolute atomic E-state index is 12.5. The van der Waals surface area contributed by atoms with Crippen LogP contribution in [0.3, 0.4) is 0 Å². The van der Waals surface area contributed by atoms with E-state index >= 15 is 0 Å². The van der Waals surface area contributed by atoms with Gasteiger partial charge in [0, 0.05) is 7.05 Å². The number of hydrogen-bond acceptors (Lipinski definition) is 2. The molecule has 82 valence electrons. The van der Waals surface area contributed by atoms with Gasteiger partial charge in [0.05, 0.1) is 5.69 Å². The Morgan fingerprint density at radius 2 is 2.00 bits per heavy atom. The standard InChI is InChI=1S/C10H10F3NO/c1-6-3-4-8-7(5-6)14(2)9(15-8)10(11,12)13/h3-5,9H,1-2H3. The van der Waals surface area contributed by atoms with Crippen LogP contribution in [-0.2, 0) is 0 Å². The number of fused-ring (bicyclic) bond motifs is 1. The molecule has 1 unspecified atom stereocenters. The molecule has 1 aromatic rings. The number of halogens is 3. The Kier molecular flexibility index (Phi) is 2.06. The van der Waals surface area contributed by atoms with Crippen LogP contribution < -0.4 is 9.64 Å². The van der Waals surface area contributed by atoms with E-state index in [1.807, 2.05) is 6.92 Å². The molecule has 1 aliphatic rings. The second kappa shape index (κ2) is 3.05. The number of hydrogen-bond donors (Lipinski definition) is 0. The first-order valence-corrected chi connectivity index (χ1v) is 4.46. The molecule has 1 aliphatic heterocycles. The van der Waals surface area contributed by atoms with E-state index in [0.29, 0.717) is 5.69 Å². The van der Waals surface area contributed by atoms with Gasteiger partial charge in [-0.15, -0.1) is 0 Å². The molecule has 0 N–H and O–H groups in total. The number of benzene rings is 1. The lowest BCUT2D eigenvalue weighted by Crippen LogP contribution is -2.44. The summed E-state index contributed by atoms with van der Waals surface area (Å²) in [6, 6.07) is 4.97. The minimum Gasteiger partial charge on any atom is -0.459 e. The van der Waals surface area contributed by atoms with E-state index in [2.05, 4.69) is 0 Å². The lowest BCUT2D eigenvalue weighted by atomic mass is 10.2. The van der Waals surface area contributed by atoms with Gasteiger partial charge in [0.25, 0.3) is 6.23 Å². The highest BCUT2D eigenvalue weighted by Crippen LogP contribution is 2.41. The van der Waals surface area contributed by atoms with E-state index in [0.717, 1.165) is 10.5 Å². The second-order valence-electron chi connectivity index (χ2n) is 3.59. The van der Waals surface area contributed by atoms with Crippen molar-refractivity contribution in [2.45, 2.75) is 19.3 Å². The molecule has 0 radical (unpaired) electrons. The molecule has 1 heterocycles. The van der Waals surface area contributed by atoms with Gasteiger partial charge in [-0.1, -0.05) is 6.07 Å². The highest BCUT2D eigenvalue weighted by molar-refractivity contribution is 5.63. The fourth-order valence-electron chi connectivity index (χ4n) is 1.61. The summed E-state index contributed by atoms with van der Waals surface area (Å²) in [5, 5.41) is 0. The van der Waals surface area contributed by atoms with E-state index in [4.69, 9.17) is 4.74 Å². The Bertz CT molecular complexity index is 389. The minimum absolute atomic E-state index is 0.283. The van der Waals surface area contributed by atoms with E-state index in [9.17, 15) is 13.2 Å². The summed E-state index contributed by atoms with van der Waals surface area (Å²) < 4.78 is 42.4. The number of nitrogens with zero attached hydrogens (tertiary/aromatic N) is 1. The van der Waals surface area contributed by atoms with Gasteiger partial charge in [0.15, 0.2) is 0 Å². The van der Waals surface area contributed by atoms with Crippen LogP contribution in [0.1, 0.15) is 5.56 Å². The lowest BCUT2D eigenvalue weighted by molar-refractivity contribution is -0.189. The molecule has 0 saturated carbocycles. The van der Waals surface area contributed by atoms with Gasteiger partial charge in [-0.05, 0) is 24.6 Å². The molecule has 2 rings (SSSR count). The Labute approximate surface area is 85.3 Å². The van der Waals surface area contributed by atoms with Crippen LogP contribution in [0, 0.1) is 6.92 Å². The van der Waals surface area contributed by atoms with Crippen LogP contribution in [0.25, 0.3) is 0 Å². The van der Waals surface area contributed by atoms with Crippen molar-refractivity contribution in [3.8, 4) is 5.75 Å². The van der Waals surface area contributed by atoms with Gasteiger partial charge in [-0.2, -0.15) is 13.2 Å². The summed E-state index contributed by atoms with van der Waals surface area (Å²) in [5.41, 5.74) is 1.39. The van der Waals surface area contributed by atoms with Gasteiger partial charge >= 0.3 is 6.18 Å². The number of alkyl halides is 3. The molecule has 2 nitrogen and oxygen atoms in total. The van der Waals surface area contributed by atoms with Crippen molar-refractivity contribution in [1.29, 1.82) is 0 Å². The van der Waals surface area contributed by atoms with Gasteiger partial charge in [-0.25, -0.2) is 0 Å². The lowest BCUT2D eigenvalue weighted by Gasteiger charge is -2.22. The molecule has 0 aliphatic carbocycles. The van der Waals surface area contributed by atoms with Crippen LogP contribution in [0.2, 0.25) is 0 Å². The van der Waals surface area contributed by atoms with Crippen molar-refractivity contribution < 1.29 is 17.9 Å². The Morgan fingerprint density at radius 3 is 2.60 bits per heavy atom. The molecular weight excluding hydrogens is 207 g/mol. The zero-order valence-corrected chi connectivity index (χ0v) is 8.30. The molecular formula is C10H10F3NO. The predicted molar refractivity (Wildman–Crippen MR) is 50.1 cm³/mol. The highest BCUT2D eigenvalue weighted by atomic mass is 19.4. The van der Waals surface area contributed by atoms with E-state index in [1.54, 1.807) is 18.2 Å². The number of anilines is 1. The number of ether oxygens (including phenoxy) is 1. The van der Waals surface area contributed by atoms with Gasteiger partial charge < -0.3 is 9.64 Å². The van der Waals surface area contributed by atoms with Crippen molar-refractivity contribution in [1.82, 2.24) is 0 Å². The smallest absolute Gasteiger partial charge is 0.445 e. The van der Waals surface area contributed by atoms with Crippen molar-refractivity contribution in [3.63, 3.8) is 0 Å². The zero-order chi connectivity index (χ0) is 11.2. The summed E-state index contributed by atoms with van der Waals surface area (Å²) in [7, 11) is 1.38. The maximum Gasteiger partial charge on any atom is 0.445 e. The summed E-state index contributed by atoms with van der Waals surface area (Å²) in [5.74, 6) is 0.283. The first kappa shape index (κ1) is 10.1. The third kappa shape index (κ3) is 1.62. The monoisotopic (exact) mass is 217 g/mol. The first-order valence-electron chi connectivity index (χ1n) is 4.46. The van der Waals surface area contributed by atoms with Crippen LogP contribution in [0.5, 0.6) is 5.75 Å². The normalized spacial score (nSPS) is 20.1. The highest BCUT2D eigenvalue weighted by Gasteiger charge is 2.48. The fourth-order valence-corrected chi connectivity index (χ4v) is 1.61. The van der Waals surface area contributed by atoms with Crippen molar-refractivity contribution >= 4 is 5.69 Å². The second-order valence-corrected chi connectivity index (χ2v) is 3.59. The largest absolute Gasteiger partial charge is 0.459 e. The third-order valence-electron chi connectivity index (χ3n) is 2.36. The Morgan fingerprint density at radius 1 is 1.33 bits per heavy atom. The summed E-state index contributed by atoms with van der Waals surface area (Å²) in [6.45, 7) is 1.83. The molecule has 1 aromatic carbocycles. The van der Waals surface area contributed by atoms with Crippen molar-refractivity contribution in [2.75, 3.05) is 11.9 Å². The average molecular weight is 217 g/mol. The third-order valence-corrected chi connectivity index (χ3v) is 2.36. The topological polar surface area (TPSA) is 12.5 Å². The van der Waals surface area contributed by atoms with E-state index in [1.165, 1.54) is 7.05 Å². The van der Waals surface area contributed by atoms with Gasteiger partial charge in [0.1, 0.15) is 5.75 Å². The molecule has 1 atom stereocenters. The fraction of sp³-hybridized carbons (Fsp3) is 0.400. The number of rotatable bonds is 0. The Hall–Kier alpha value is -1.39.